The Hall–Kier alpha value is -1.88. The van der Waals surface area contributed by atoms with Crippen LogP contribution in [-0.4, -0.2) is 30.1 Å². The van der Waals surface area contributed by atoms with Crippen molar-refractivity contribution < 1.29 is 5.11 Å². The van der Waals surface area contributed by atoms with Crippen molar-refractivity contribution in [2.45, 2.75) is 13.2 Å². The number of nitrogens with zero attached hydrogens (tertiary/aromatic N) is 2. The largest absolute Gasteiger partial charge is 0.392 e. The van der Waals surface area contributed by atoms with Gasteiger partial charge in [-0.2, -0.15) is 0 Å². The lowest BCUT2D eigenvalue weighted by Gasteiger charge is -2.25. The van der Waals surface area contributed by atoms with Crippen LogP contribution in [-0.2, 0) is 13.2 Å². The van der Waals surface area contributed by atoms with Crippen molar-refractivity contribution in [2.75, 3.05) is 25.0 Å². The number of rotatable bonds is 2. The van der Waals surface area contributed by atoms with Gasteiger partial charge in [-0.25, -0.2) is 0 Å². The van der Waals surface area contributed by atoms with Crippen LogP contribution in [0.3, 0.4) is 0 Å². The second kappa shape index (κ2) is 5.96. The van der Waals surface area contributed by atoms with Gasteiger partial charge in [-0.3, -0.25) is 0 Å². The molecule has 0 amide bonds. The summed E-state index contributed by atoms with van der Waals surface area (Å²) in [6.45, 7) is 3.00. The van der Waals surface area contributed by atoms with Crippen molar-refractivity contribution in [3.63, 3.8) is 0 Å². The summed E-state index contributed by atoms with van der Waals surface area (Å²) < 4.78 is 1.33. The topological polar surface area (TPSA) is 26.7 Å². The van der Waals surface area contributed by atoms with Gasteiger partial charge in [0.05, 0.1) is 6.61 Å². The standard InChI is InChI=1S/C19H20N2OS/c1-20-7-8-21(17-3-5-19-15(11-17)6-9-23-19)18-4-2-14(13-22)10-16(18)12-20/h2-6,9-11,22H,7-8,12-13H2,1H3. The molecule has 2 heterocycles. The minimum atomic E-state index is 0.0951. The molecule has 3 nitrogen and oxygen atoms in total. The summed E-state index contributed by atoms with van der Waals surface area (Å²) in [5.74, 6) is 0. The van der Waals surface area contributed by atoms with Crippen molar-refractivity contribution in [1.82, 2.24) is 4.90 Å². The minimum absolute atomic E-state index is 0.0951. The van der Waals surface area contributed by atoms with E-state index in [9.17, 15) is 5.11 Å². The quantitative estimate of drug-likeness (QED) is 0.772. The maximum atomic E-state index is 9.43. The predicted octanol–water partition coefficient (Wildman–Crippen LogP) is 3.98. The van der Waals surface area contributed by atoms with Crippen LogP contribution in [0.1, 0.15) is 11.1 Å². The second-order valence-corrected chi connectivity index (χ2v) is 7.10. The fraction of sp³-hybridized carbons (Fsp3) is 0.263. The zero-order valence-electron chi connectivity index (χ0n) is 13.2. The molecule has 0 aliphatic carbocycles. The van der Waals surface area contributed by atoms with Crippen LogP contribution in [0, 0.1) is 0 Å². The van der Waals surface area contributed by atoms with Crippen LogP contribution in [0.15, 0.2) is 47.8 Å². The lowest BCUT2D eigenvalue weighted by molar-refractivity contribution is 0.281. The highest BCUT2D eigenvalue weighted by molar-refractivity contribution is 7.17. The molecule has 4 heteroatoms. The van der Waals surface area contributed by atoms with Gasteiger partial charge in [0.1, 0.15) is 0 Å². The fourth-order valence-electron chi connectivity index (χ4n) is 3.28. The molecule has 1 aliphatic heterocycles. The molecule has 0 saturated carbocycles. The smallest absolute Gasteiger partial charge is 0.0682 e. The Morgan fingerprint density at radius 2 is 2.00 bits per heavy atom. The Morgan fingerprint density at radius 3 is 2.87 bits per heavy atom. The lowest BCUT2D eigenvalue weighted by Crippen LogP contribution is -2.26. The van der Waals surface area contributed by atoms with E-state index in [2.05, 4.69) is 58.6 Å². The van der Waals surface area contributed by atoms with Crippen LogP contribution in [0.4, 0.5) is 11.4 Å². The van der Waals surface area contributed by atoms with Crippen LogP contribution in [0.25, 0.3) is 10.1 Å². The van der Waals surface area contributed by atoms with E-state index in [0.29, 0.717) is 0 Å². The summed E-state index contributed by atoms with van der Waals surface area (Å²) in [6, 6.07) is 15.2. The molecule has 0 saturated heterocycles. The maximum Gasteiger partial charge on any atom is 0.0682 e. The third-order valence-electron chi connectivity index (χ3n) is 4.51. The van der Waals surface area contributed by atoms with Gasteiger partial charge in [0, 0.05) is 35.7 Å². The van der Waals surface area contributed by atoms with Crippen LogP contribution in [0.5, 0.6) is 0 Å². The third kappa shape index (κ3) is 2.74. The molecule has 0 atom stereocenters. The number of aliphatic hydroxyl groups excluding tert-OH is 1. The van der Waals surface area contributed by atoms with Gasteiger partial charge in [-0.15, -0.1) is 11.3 Å². The van der Waals surface area contributed by atoms with E-state index >= 15 is 0 Å². The average Bonchev–Trinajstić information content (AvgIpc) is 2.97. The van der Waals surface area contributed by atoms with Gasteiger partial charge in [0.25, 0.3) is 0 Å². The molecule has 0 spiro atoms. The second-order valence-electron chi connectivity index (χ2n) is 6.15. The first kappa shape index (κ1) is 14.7. The van der Waals surface area contributed by atoms with E-state index in [1.165, 1.54) is 27.0 Å². The van der Waals surface area contributed by atoms with Gasteiger partial charge < -0.3 is 14.9 Å². The van der Waals surface area contributed by atoms with Crippen molar-refractivity contribution in [1.29, 1.82) is 0 Å². The maximum absolute atomic E-state index is 9.43. The molecule has 2 aromatic carbocycles. The summed E-state index contributed by atoms with van der Waals surface area (Å²) >= 11 is 1.78. The number of hydrogen-bond donors (Lipinski definition) is 1. The Bertz CT molecular complexity index is 842. The third-order valence-corrected chi connectivity index (χ3v) is 5.41. The SMILES string of the molecule is CN1CCN(c2ccc3sccc3c2)c2ccc(CO)cc2C1. The average molecular weight is 324 g/mol. The number of benzene rings is 2. The number of anilines is 2. The molecule has 1 aliphatic rings. The summed E-state index contributed by atoms with van der Waals surface area (Å²) in [6.07, 6.45) is 0. The molecule has 1 aromatic heterocycles. The van der Waals surface area contributed by atoms with Crippen LogP contribution in [0.2, 0.25) is 0 Å². The van der Waals surface area contributed by atoms with Gasteiger partial charge in [0.2, 0.25) is 0 Å². The first-order valence-electron chi connectivity index (χ1n) is 7.90. The Kier molecular flexibility index (Phi) is 3.81. The highest BCUT2D eigenvalue weighted by Gasteiger charge is 2.19. The number of hydrogen-bond acceptors (Lipinski definition) is 4. The molecule has 1 N–H and O–H groups in total. The molecule has 3 aromatic rings. The van der Waals surface area contributed by atoms with Crippen molar-refractivity contribution in [2.24, 2.45) is 0 Å². The minimum Gasteiger partial charge on any atom is -0.392 e. The number of fused-ring (bicyclic) bond motifs is 2. The Labute approximate surface area is 140 Å². The molecule has 118 valence electrons. The van der Waals surface area contributed by atoms with E-state index in [1.54, 1.807) is 11.3 Å². The van der Waals surface area contributed by atoms with E-state index < -0.39 is 0 Å². The number of aliphatic hydroxyl groups is 1. The van der Waals surface area contributed by atoms with Gasteiger partial charge in [0.15, 0.2) is 0 Å². The Balaban J connectivity index is 1.81. The van der Waals surface area contributed by atoms with Gasteiger partial charge in [-0.1, -0.05) is 12.1 Å². The van der Waals surface area contributed by atoms with Crippen molar-refractivity contribution >= 4 is 32.8 Å². The van der Waals surface area contributed by atoms with Crippen LogP contribution >= 0.6 is 11.3 Å². The molecule has 0 fully saturated rings. The lowest BCUT2D eigenvalue weighted by atomic mass is 10.1. The molecule has 0 radical (unpaired) electrons. The zero-order chi connectivity index (χ0) is 15.8. The number of thiophene rings is 1. The van der Waals surface area contributed by atoms with Gasteiger partial charge >= 0.3 is 0 Å². The van der Waals surface area contributed by atoms with E-state index in [-0.39, 0.29) is 6.61 Å². The monoisotopic (exact) mass is 324 g/mol. The van der Waals surface area contributed by atoms with Crippen LogP contribution < -0.4 is 4.90 Å². The fourth-order valence-corrected chi connectivity index (χ4v) is 4.05. The summed E-state index contributed by atoms with van der Waals surface area (Å²) in [7, 11) is 2.15. The first-order valence-corrected chi connectivity index (χ1v) is 8.78. The van der Waals surface area contributed by atoms with E-state index in [1.807, 2.05) is 6.07 Å². The molecule has 0 bridgehead atoms. The van der Waals surface area contributed by atoms with Crippen molar-refractivity contribution in [3.8, 4) is 0 Å². The summed E-state index contributed by atoms with van der Waals surface area (Å²) in [5.41, 5.74) is 4.75. The highest BCUT2D eigenvalue weighted by atomic mass is 32.1. The van der Waals surface area contributed by atoms with E-state index in [4.69, 9.17) is 0 Å². The molecular weight excluding hydrogens is 304 g/mol. The summed E-state index contributed by atoms with van der Waals surface area (Å²) in [5, 5.41) is 12.9. The predicted molar refractivity (Wildman–Crippen MR) is 97.5 cm³/mol. The molecular formula is C19H20N2OS. The van der Waals surface area contributed by atoms with E-state index in [0.717, 1.165) is 25.2 Å². The number of likely N-dealkylation sites (N-methyl/N-ethyl adjacent to an activating group) is 1. The van der Waals surface area contributed by atoms with Crippen molar-refractivity contribution in [3.05, 3.63) is 59.0 Å². The molecule has 0 unspecified atom stereocenters. The zero-order valence-corrected chi connectivity index (χ0v) is 14.0. The summed E-state index contributed by atoms with van der Waals surface area (Å²) in [4.78, 5) is 4.74. The van der Waals surface area contributed by atoms with Gasteiger partial charge in [-0.05, 0) is 59.3 Å². The first-order chi connectivity index (χ1) is 11.2. The molecule has 23 heavy (non-hydrogen) atoms. The normalized spacial score (nSPS) is 15.7. The highest BCUT2D eigenvalue weighted by Crippen LogP contribution is 2.34. The Morgan fingerprint density at radius 1 is 1.09 bits per heavy atom. The molecule has 4 rings (SSSR count).